The topological polar surface area (TPSA) is 113 Å². The summed E-state index contributed by atoms with van der Waals surface area (Å²) in [5.41, 5.74) is 9.29. The lowest BCUT2D eigenvalue weighted by Crippen LogP contribution is -2.43. The summed E-state index contributed by atoms with van der Waals surface area (Å²) in [6.45, 7) is 4.11. The molecular formula is C25H30F2N8. The van der Waals surface area contributed by atoms with Crippen molar-refractivity contribution >= 4 is 17.3 Å². The van der Waals surface area contributed by atoms with Crippen LogP contribution >= 0.6 is 0 Å². The first-order valence-corrected chi connectivity index (χ1v) is 11.3. The SMILES string of the molecule is CN1CCN(Cc2ccc(-c3cnc(N)c(/C(=N/N)N(N)c4cccc(F)c4CF)c3)cc2)CC1. The number of rotatable bonds is 6. The van der Waals surface area contributed by atoms with Crippen LogP contribution in [0.5, 0.6) is 0 Å². The summed E-state index contributed by atoms with van der Waals surface area (Å²) in [7, 11) is 2.14. The van der Waals surface area contributed by atoms with Gasteiger partial charge in [-0.15, -0.1) is 0 Å². The second kappa shape index (κ2) is 10.8. The Morgan fingerprint density at radius 2 is 1.80 bits per heavy atom. The molecule has 184 valence electrons. The van der Waals surface area contributed by atoms with Crippen LogP contribution in [0.1, 0.15) is 16.7 Å². The zero-order chi connectivity index (χ0) is 24.9. The fourth-order valence-electron chi connectivity index (χ4n) is 4.16. The number of benzene rings is 2. The molecule has 10 heteroatoms. The minimum Gasteiger partial charge on any atom is -0.383 e. The second-order valence-electron chi connectivity index (χ2n) is 8.63. The van der Waals surface area contributed by atoms with Gasteiger partial charge in [0.05, 0.1) is 11.3 Å². The van der Waals surface area contributed by atoms with E-state index in [-0.39, 0.29) is 22.9 Å². The van der Waals surface area contributed by atoms with Gasteiger partial charge in [0.15, 0.2) is 5.84 Å². The summed E-state index contributed by atoms with van der Waals surface area (Å²) in [6.07, 6.45) is 1.65. The third-order valence-electron chi connectivity index (χ3n) is 6.29. The van der Waals surface area contributed by atoms with E-state index in [0.717, 1.165) is 54.9 Å². The number of hydrazine groups is 1. The molecule has 6 N–H and O–H groups in total. The number of nitrogen functional groups attached to an aromatic ring is 1. The number of anilines is 2. The van der Waals surface area contributed by atoms with Gasteiger partial charge in [-0.3, -0.25) is 9.91 Å². The fraction of sp³-hybridized carbons (Fsp3) is 0.280. The molecule has 4 rings (SSSR count). The Hall–Kier alpha value is -3.60. The molecule has 0 amide bonds. The molecule has 2 heterocycles. The van der Waals surface area contributed by atoms with E-state index in [4.69, 9.17) is 17.4 Å². The minimum absolute atomic E-state index is 0.0313. The molecule has 0 saturated carbocycles. The smallest absolute Gasteiger partial charge is 0.177 e. The van der Waals surface area contributed by atoms with E-state index in [1.807, 2.05) is 12.1 Å². The Morgan fingerprint density at radius 1 is 1.09 bits per heavy atom. The van der Waals surface area contributed by atoms with Gasteiger partial charge in [0, 0.05) is 50.0 Å². The number of nitrogens with two attached hydrogens (primary N) is 3. The summed E-state index contributed by atoms with van der Waals surface area (Å²) in [5, 5.41) is 4.79. The number of nitrogens with zero attached hydrogens (tertiary/aromatic N) is 5. The lowest BCUT2D eigenvalue weighted by Gasteiger charge is -2.32. The summed E-state index contributed by atoms with van der Waals surface area (Å²) < 4.78 is 27.6. The van der Waals surface area contributed by atoms with Crippen molar-refractivity contribution in [1.82, 2.24) is 14.8 Å². The lowest BCUT2D eigenvalue weighted by atomic mass is 10.0. The van der Waals surface area contributed by atoms with Crippen molar-refractivity contribution in [2.45, 2.75) is 13.2 Å². The summed E-state index contributed by atoms with van der Waals surface area (Å²) in [6, 6.07) is 14.1. The standard InChI is InChI=1S/C25H30F2N8/c1-33-9-11-34(12-10-33)16-17-5-7-18(8-6-17)19-13-20(24(28)31-15-19)25(32-29)35(30)23-4-2-3-22(27)21(23)14-26/h2-8,13,15H,9-12,14,16,29-30H2,1H3,(H2,28,31)/b32-25-. The quantitative estimate of drug-likeness (QED) is 0.215. The monoisotopic (exact) mass is 480 g/mol. The molecular weight excluding hydrogens is 450 g/mol. The zero-order valence-electron chi connectivity index (χ0n) is 19.7. The van der Waals surface area contributed by atoms with Gasteiger partial charge in [-0.05, 0) is 36.4 Å². The first kappa shape index (κ1) is 24.5. The number of halogens is 2. The van der Waals surface area contributed by atoms with Crippen LogP contribution in [-0.2, 0) is 13.2 Å². The predicted octanol–water partition coefficient (Wildman–Crippen LogP) is 2.69. The predicted molar refractivity (Wildman–Crippen MR) is 135 cm³/mol. The van der Waals surface area contributed by atoms with Crippen LogP contribution in [0, 0.1) is 5.82 Å². The molecule has 1 aromatic heterocycles. The number of hydrogen-bond donors (Lipinski definition) is 3. The molecule has 0 aliphatic carbocycles. The highest BCUT2D eigenvalue weighted by atomic mass is 19.1. The largest absolute Gasteiger partial charge is 0.383 e. The van der Waals surface area contributed by atoms with E-state index in [1.54, 1.807) is 12.3 Å². The highest BCUT2D eigenvalue weighted by molar-refractivity contribution is 6.12. The Bertz CT molecular complexity index is 1190. The molecule has 2 aromatic carbocycles. The second-order valence-corrected chi connectivity index (χ2v) is 8.63. The van der Waals surface area contributed by atoms with Crippen molar-refractivity contribution in [1.29, 1.82) is 0 Å². The number of amidine groups is 1. The van der Waals surface area contributed by atoms with Gasteiger partial charge in [-0.1, -0.05) is 30.3 Å². The van der Waals surface area contributed by atoms with Gasteiger partial charge in [0.1, 0.15) is 18.3 Å². The van der Waals surface area contributed by atoms with E-state index in [0.29, 0.717) is 5.56 Å². The van der Waals surface area contributed by atoms with Crippen LogP contribution in [0.3, 0.4) is 0 Å². The van der Waals surface area contributed by atoms with Crippen molar-refractivity contribution in [2.75, 3.05) is 44.0 Å². The molecule has 0 spiro atoms. The zero-order valence-corrected chi connectivity index (χ0v) is 19.7. The number of hydrazone groups is 1. The summed E-state index contributed by atoms with van der Waals surface area (Å²) in [5.74, 6) is 11.3. The number of likely N-dealkylation sites (N-methyl/N-ethyl adjacent to an activating group) is 1. The van der Waals surface area contributed by atoms with E-state index in [2.05, 4.69) is 39.1 Å². The van der Waals surface area contributed by atoms with Crippen molar-refractivity contribution in [3.8, 4) is 11.1 Å². The molecule has 8 nitrogen and oxygen atoms in total. The molecule has 0 unspecified atom stereocenters. The van der Waals surface area contributed by atoms with Crippen molar-refractivity contribution in [2.24, 2.45) is 16.8 Å². The van der Waals surface area contributed by atoms with Gasteiger partial charge in [-0.2, -0.15) is 5.10 Å². The number of alkyl halides is 1. The third-order valence-corrected chi connectivity index (χ3v) is 6.29. The highest BCUT2D eigenvalue weighted by Crippen LogP contribution is 2.27. The minimum atomic E-state index is -1.04. The lowest BCUT2D eigenvalue weighted by molar-refractivity contribution is 0.148. The fourth-order valence-corrected chi connectivity index (χ4v) is 4.16. The average molecular weight is 481 g/mol. The van der Waals surface area contributed by atoms with Crippen LogP contribution in [0.25, 0.3) is 11.1 Å². The van der Waals surface area contributed by atoms with Gasteiger partial charge in [0.25, 0.3) is 0 Å². The summed E-state index contributed by atoms with van der Waals surface area (Å²) >= 11 is 0. The normalized spacial score (nSPS) is 15.4. The van der Waals surface area contributed by atoms with Crippen LogP contribution < -0.4 is 22.4 Å². The maximum Gasteiger partial charge on any atom is 0.177 e. The highest BCUT2D eigenvalue weighted by Gasteiger charge is 2.21. The van der Waals surface area contributed by atoms with Gasteiger partial charge in [0.2, 0.25) is 0 Å². The maximum absolute atomic E-state index is 14.1. The third kappa shape index (κ3) is 5.40. The molecule has 1 aliphatic rings. The molecule has 1 saturated heterocycles. The van der Waals surface area contributed by atoms with E-state index in [1.165, 1.54) is 17.7 Å². The first-order valence-electron chi connectivity index (χ1n) is 11.3. The van der Waals surface area contributed by atoms with E-state index < -0.39 is 12.5 Å². The molecule has 1 aliphatic heterocycles. The number of pyridine rings is 1. The Labute approximate surface area is 203 Å². The first-order chi connectivity index (χ1) is 16.9. The van der Waals surface area contributed by atoms with Crippen LogP contribution in [0.15, 0.2) is 59.8 Å². The Balaban J connectivity index is 1.58. The van der Waals surface area contributed by atoms with Crippen molar-refractivity contribution in [3.63, 3.8) is 0 Å². The van der Waals surface area contributed by atoms with Gasteiger partial charge < -0.3 is 16.5 Å². The molecule has 0 atom stereocenters. The molecule has 1 fully saturated rings. The molecule has 3 aromatic rings. The van der Waals surface area contributed by atoms with Crippen LogP contribution in [0.4, 0.5) is 20.3 Å². The number of piperazine rings is 1. The molecule has 0 radical (unpaired) electrons. The van der Waals surface area contributed by atoms with Crippen molar-refractivity contribution in [3.05, 3.63) is 77.2 Å². The van der Waals surface area contributed by atoms with E-state index >= 15 is 0 Å². The van der Waals surface area contributed by atoms with E-state index in [9.17, 15) is 8.78 Å². The Morgan fingerprint density at radius 3 is 2.46 bits per heavy atom. The van der Waals surface area contributed by atoms with Gasteiger partial charge in [-0.25, -0.2) is 19.6 Å². The maximum atomic E-state index is 14.1. The van der Waals surface area contributed by atoms with Crippen LogP contribution in [0.2, 0.25) is 0 Å². The number of aromatic nitrogens is 1. The Kier molecular flexibility index (Phi) is 7.54. The average Bonchev–Trinajstić information content (AvgIpc) is 2.87. The van der Waals surface area contributed by atoms with Gasteiger partial charge >= 0.3 is 0 Å². The molecule has 35 heavy (non-hydrogen) atoms. The summed E-state index contributed by atoms with van der Waals surface area (Å²) in [4.78, 5) is 9.05. The number of hydrogen-bond acceptors (Lipinski definition) is 7. The van der Waals surface area contributed by atoms with Crippen LogP contribution in [-0.4, -0.2) is 53.8 Å². The van der Waals surface area contributed by atoms with Crippen molar-refractivity contribution < 1.29 is 8.78 Å². The molecule has 0 bridgehead atoms.